The summed E-state index contributed by atoms with van der Waals surface area (Å²) in [6, 6.07) is 0.283. The van der Waals surface area contributed by atoms with Crippen molar-refractivity contribution in [2.24, 2.45) is 5.16 Å². The molecule has 0 bridgehead atoms. The molecule has 2 aliphatic heterocycles. The average Bonchev–Trinajstić information content (AvgIpc) is 3.31. The molecule has 0 atom stereocenters. The third-order valence-electron chi connectivity index (χ3n) is 5.53. The number of hydrogen-bond acceptors (Lipinski definition) is 8. The number of nitrogens with one attached hydrogen (secondary N) is 1. The lowest BCUT2D eigenvalue weighted by molar-refractivity contribution is -0.0878. The van der Waals surface area contributed by atoms with Gasteiger partial charge in [0.05, 0.1) is 35.7 Å². The Morgan fingerprint density at radius 3 is 2.68 bits per heavy atom. The van der Waals surface area contributed by atoms with Gasteiger partial charge in [-0.05, 0) is 26.7 Å². The van der Waals surface area contributed by atoms with Gasteiger partial charge in [-0.3, -0.25) is 0 Å². The summed E-state index contributed by atoms with van der Waals surface area (Å²) in [6.07, 6.45) is 3.94. The quantitative estimate of drug-likeness (QED) is 0.680. The molecular formula is C19H27N5O4. The van der Waals surface area contributed by atoms with Crippen LogP contribution in [0.3, 0.4) is 0 Å². The third kappa shape index (κ3) is 3.23. The molecule has 9 nitrogen and oxygen atoms in total. The van der Waals surface area contributed by atoms with E-state index in [9.17, 15) is 10.2 Å². The van der Waals surface area contributed by atoms with Crippen LogP contribution in [0.25, 0.3) is 11.0 Å². The van der Waals surface area contributed by atoms with Crippen molar-refractivity contribution < 1.29 is 19.8 Å². The van der Waals surface area contributed by atoms with Gasteiger partial charge in [0.25, 0.3) is 0 Å². The highest BCUT2D eigenvalue weighted by molar-refractivity contribution is 6.11. The van der Waals surface area contributed by atoms with Gasteiger partial charge in [0.2, 0.25) is 0 Å². The van der Waals surface area contributed by atoms with Crippen molar-refractivity contribution in [1.29, 1.82) is 0 Å². The smallest absolute Gasteiger partial charge is 0.188 e. The van der Waals surface area contributed by atoms with Gasteiger partial charge in [0, 0.05) is 44.0 Å². The summed E-state index contributed by atoms with van der Waals surface area (Å²) < 4.78 is 7.38. The molecule has 0 aliphatic carbocycles. The van der Waals surface area contributed by atoms with Crippen molar-refractivity contribution >= 4 is 22.4 Å². The first kappa shape index (κ1) is 19.1. The fraction of sp³-hybridized carbons (Fsp3) is 0.632. The molecule has 1 fully saturated rings. The van der Waals surface area contributed by atoms with E-state index in [0.717, 1.165) is 60.6 Å². The van der Waals surface area contributed by atoms with Crippen molar-refractivity contribution in [1.82, 2.24) is 14.8 Å². The summed E-state index contributed by atoms with van der Waals surface area (Å²) in [5.41, 5.74) is 3.06. The van der Waals surface area contributed by atoms with Crippen LogP contribution in [0.5, 0.6) is 0 Å². The topological polar surface area (TPSA) is 114 Å². The molecule has 9 heteroatoms. The molecule has 0 aromatic carbocycles. The number of oxime groups is 1. The van der Waals surface area contributed by atoms with Crippen LogP contribution in [0.2, 0.25) is 0 Å². The SMILES string of the molecule is CCn1nc(C)c2c(NC3CCOCC3)c(C3=NOC(CO)(CO)C3)cnc21. The number of fused-ring (bicyclic) bond motifs is 1. The number of anilines is 1. The lowest BCUT2D eigenvalue weighted by Gasteiger charge is -2.26. The monoisotopic (exact) mass is 389 g/mol. The standard InChI is InChI=1S/C19H27N5O4/c1-3-24-18-16(12(2)22-24)17(21-13-4-6-27-7-5-13)14(9-20-18)15-8-19(10-25,11-26)28-23-15/h9,13,25-26H,3-8,10-11H2,1-2H3,(H,20,21). The molecule has 2 aliphatic rings. The average molecular weight is 389 g/mol. The first-order valence-corrected chi connectivity index (χ1v) is 9.78. The number of ether oxygens (including phenoxy) is 1. The van der Waals surface area contributed by atoms with Crippen LogP contribution >= 0.6 is 0 Å². The second kappa shape index (κ2) is 7.65. The highest BCUT2D eigenvalue weighted by Crippen LogP contribution is 2.35. The lowest BCUT2D eigenvalue weighted by atomic mass is 9.94. The van der Waals surface area contributed by atoms with Gasteiger partial charge in [0.15, 0.2) is 11.2 Å². The summed E-state index contributed by atoms with van der Waals surface area (Å²) >= 11 is 0. The zero-order valence-corrected chi connectivity index (χ0v) is 16.3. The van der Waals surface area contributed by atoms with Crippen LogP contribution in [-0.2, 0) is 16.1 Å². The number of aryl methyl sites for hydroxylation is 2. The molecule has 4 heterocycles. The van der Waals surface area contributed by atoms with E-state index < -0.39 is 5.60 Å². The maximum absolute atomic E-state index is 9.65. The summed E-state index contributed by atoms with van der Waals surface area (Å²) in [5.74, 6) is 0. The second-order valence-electron chi connectivity index (χ2n) is 7.48. The molecule has 0 unspecified atom stereocenters. The Bertz CT molecular complexity index is 884. The zero-order valence-electron chi connectivity index (χ0n) is 16.3. The Kier molecular flexibility index (Phi) is 5.22. The molecule has 0 amide bonds. The molecule has 0 radical (unpaired) electrons. The number of aliphatic hydroxyl groups is 2. The number of pyridine rings is 1. The highest BCUT2D eigenvalue weighted by Gasteiger charge is 2.40. The minimum absolute atomic E-state index is 0.283. The Morgan fingerprint density at radius 1 is 1.29 bits per heavy atom. The molecule has 2 aromatic rings. The van der Waals surface area contributed by atoms with E-state index in [4.69, 9.17) is 9.57 Å². The molecule has 4 rings (SSSR count). The molecule has 0 saturated carbocycles. The number of hydrogen-bond donors (Lipinski definition) is 3. The minimum Gasteiger partial charge on any atom is -0.392 e. The largest absolute Gasteiger partial charge is 0.392 e. The third-order valence-corrected chi connectivity index (χ3v) is 5.53. The fourth-order valence-corrected chi connectivity index (χ4v) is 3.84. The van der Waals surface area contributed by atoms with Crippen LogP contribution in [-0.4, -0.2) is 68.8 Å². The van der Waals surface area contributed by atoms with Gasteiger partial charge in [0.1, 0.15) is 0 Å². The van der Waals surface area contributed by atoms with E-state index in [1.807, 2.05) is 18.5 Å². The number of aliphatic hydroxyl groups excluding tert-OH is 2. The van der Waals surface area contributed by atoms with Crippen molar-refractivity contribution in [2.75, 3.05) is 31.7 Å². The molecule has 2 aromatic heterocycles. The van der Waals surface area contributed by atoms with Crippen LogP contribution < -0.4 is 5.32 Å². The van der Waals surface area contributed by atoms with Crippen molar-refractivity contribution in [3.8, 4) is 0 Å². The normalized spacial score (nSPS) is 19.6. The van der Waals surface area contributed by atoms with Gasteiger partial charge in [-0.2, -0.15) is 5.10 Å². The van der Waals surface area contributed by atoms with Crippen LogP contribution in [0.4, 0.5) is 5.69 Å². The van der Waals surface area contributed by atoms with Crippen molar-refractivity contribution in [3.63, 3.8) is 0 Å². The van der Waals surface area contributed by atoms with E-state index in [0.29, 0.717) is 12.1 Å². The molecule has 1 saturated heterocycles. The Labute approximate surface area is 163 Å². The predicted octanol–water partition coefficient (Wildman–Crippen LogP) is 1.20. The zero-order chi connectivity index (χ0) is 19.7. The van der Waals surface area contributed by atoms with Gasteiger partial charge in [-0.15, -0.1) is 0 Å². The molecular weight excluding hydrogens is 362 g/mol. The Morgan fingerprint density at radius 2 is 2.04 bits per heavy atom. The lowest BCUT2D eigenvalue weighted by Crippen LogP contribution is -2.38. The van der Waals surface area contributed by atoms with E-state index in [1.165, 1.54) is 0 Å². The van der Waals surface area contributed by atoms with Crippen LogP contribution in [0.1, 0.15) is 37.4 Å². The van der Waals surface area contributed by atoms with E-state index >= 15 is 0 Å². The predicted molar refractivity (Wildman–Crippen MR) is 105 cm³/mol. The summed E-state index contributed by atoms with van der Waals surface area (Å²) in [5, 5.41) is 32.8. The van der Waals surface area contributed by atoms with Gasteiger partial charge in [-0.25, -0.2) is 9.67 Å². The first-order chi connectivity index (χ1) is 13.6. The summed E-state index contributed by atoms with van der Waals surface area (Å²) in [6.45, 7) is 5.61. The van der Waals surface area contributed by atoms with Gasteiger partial charge < -0.3 is 25.1 Å². The molecule has 3 N–H and O–H groups in total. The molecule has 152 valence electrons. The maximum atomic E-state index is 9.65. The first-order valence-electron chi connectivity index (χ1n) is 9.78. The minimum atomic E-state index is -1.08. The van der Waals surface area contributed by atoms with E-state index in [2.05, 4.69) is 20.6 Å². The second-order valence-corrected chi connectivity index (χ2v) is 7.48. The van der Waals surface area contributed by atoms with Gasteiger partial charge >= 0.3 is 0 Å². The van der Waals surface area contributed by atoms with Crippen LogP contribution in [0, 0.1) is 6.92 Å². The van der Waals surface area contributed by atoms with Crippen LogP contribution in [0.15, 0.2) is 11.4 Å². The van der Waals surface area contributed by atoms with Crippen molar-refractivity contribution in [3.05, 3.63) is 17.5 Å². The molecule has 0 spiro atoms. The van der Waals surface area contributed by atoms with E-state index in [1.54, 1.807) is 6.20 Å². The van der Waals surface area contributed by atoms with E-state index in [-0.39, 0.29) is 19.3 Å². The summed E-state index contributed by atoms with van der Waals surface area (Å²) in [7, 11) is 0. The summed E-state index contributed by atoms with van der Waals surface area (Å²) in [4.78, 5) is 10.1. The molecule has 28 heavy (non-hydrogen) atoms. The Hall–Kier alpha value is -2.23. The highest BCUT2D eigenvalue weighted by atomic mass is 16.7. The fourth-order valence-electron chi connectivity index (χ4n) is 3.84. The number of nitrogens with zero attached hydrogens (tertiary/aromatic N) is 4. The number of rotatable bonds is 6. The van der Waals surface area contributed by atoms with Crippen molar-refractivity contribution in [2.45, 2.75) is 51.3 Å². The Balaban J connectivity index is 1.79. The van der Waals surface area contributed by atoms with Gasteiger partial charge in [-0.1, -0.05) is 5.16 Å². The number of aromatic nitrogens is 3. The maximum Gasteiger partial charge on any atom is 0.188 e.